The van der Waals surface area contributed by atoms with Crippen LogP contribution >= 0.6 is 0 Å². The zero-order valence-electron chi connectivity index (χ0n) is 9.82. The molecule has 0 amide bonds. The third-order valence-electron chi connectivity index (χ3n) is 2.29. The van der Waals surface area contributed by atoms with Gasteiger partial charge in [-0.05, 0) is 19.1 Å². The summed E-state index contributed by atoms with van der Waals surface area (Å²) in [6.07, 6.45) is 2.84. The van der Waals surface area contributed by atoms with Gasteiger partial charge < -0.3 is 9.52 Å². The molecule has 19 heavy (non-hydrogen) atoms. The van der Waals surface area contributed by atoms with Crippen LogP contribution in [0.1, 0.15) is 16.3 Å². The van der Waals surface area contributed by atoms with Crippen molar-refractivity contribution in [1.29, 1.82) is 0 Å². The van der Waals surface area contributed by atoms with Crippen LogP contribution in [0.5, 0.6) is 0 Å². The molecular weight excluding hydrogens is 272 g/mol. The van der Waals surface area contributed by atoms with Crippen LogP contribution in [-0.4, -0.2) is 24.5 Å². The van der Waals surface area contributed by atoms with Crippen LogP contribution in [0.25, 0.3) is 0 Å². The maximum Gasteiger partial charge on any atom is 0.371 e. The number of nitrogens with one attached hydrogen (secondary N) is 1. The third-order valence-corrected chi connectivity index (χ3v) is 3.78. The van der Waals surface area contributed by atoms with Crippen molar-refractivity contribution in [3.63, 3.8) is 0 Å². The molecule has 2 heterocycles. The van der Waals surface area contributed by atoms with Gasteiger partial charge in [0.05, 0.1) is 11.9 Å². The number of pyridine rings is 1. The van der Waals surface area contributed by atoms with Crippen LogP contribution < -0.4 is 4.72 Å². The summed E-state index contributed by atoms with van der Waals surface area (Å²) in [5.41, 5.74) is 0.278. The van der Waals surface area contributed by atoms with Gasteiger partial charge in [-0.3, -0.25) is 9.71 Å². The molecule has 0 saturated heterocycles. The second-order valence-corrected chi connectivity index (χ2v) is 5.33. The van der Waals surface area contributed by atoms with Gasteiger partial charge in [0.2, 0.25) is 5.76 Å². The molecule has 0 radical (unpaired) electrons. The highest BCUT2D eigenvalue weighted by Crippen LogP contribution is 2.22. The van der Waals surface area contributed by atoms with Gasteiger partial charge in [-0.25, -0.2) is 13.2 Å². The van der Waals surface area contributed by atoms with Crippen LogP contribution in [0.3, 0.4) is 0 Å². The molecule has 2 aromatic rings. The Balaban J connectivity index is 2.37. The lowest BCUT2D eigenvalue weighted by molar-refractivity contribution is 0.0661. The summed E-state index contributed by atoms with van der Waals surface area (Å²) >= 11 is 0. The van der Waals surface area contributed by atoms with Gasteiger partial charge in [-0.1, -0.05) is 0 Å². The molecule has 0 unspecified atom stereocenters. The number of carboxylic acid groups (broad SMARTS) is 1. The number of aromatic nitrogens is 1. The number of hydrogen-bond acceptors (Lipinski definition) is 5. The summed E-state index contributed by atoms with van der Waals surface area (Å²) < 4.78 is 31.3. The molecule has 2 N–H and O–H groups in total. The lowest BCUT2D eigenvalue weighted by Gasteiger charge is -2.05. The van der Waals surface area contributed by atoms with Crippen LogP contribution in [0.4, 0.5) is 5.69 Å². The van der Waals surface area contributed by atoms with E-state index < -0.39 is 21.8 Å². The number of hydrogen-bond donors (Lipinski definition) is 2. The van der Waals surface area contributed by atoms with Gasteiger partial charge in [0, 0.05) is 12.3 Å². The van der Waals surface area contributed by atoms with Crippen LogP contribution in [0.2, 0.25) is 0 Å². The molecule has 0 aliphatic carbocycles. The molecule has 0 spiro atoms. The molecule has 0 aliphatic rings. The van der Waals surface area contributed by atoms with Crippen LogP contribution in [0.15, 0.2) is 39.9 Å². The minimum absolute atomic E-state index is 0.00814. The van der Waals surface area contributed by atoms with E-state index in [1.165, 1.54) is 25.4 Å². The molecule has 8 heteroatoms. The third kappa shape index (κ3) is 2.74. The Hall–Kier alpha value is -2.35. The van der Waals surface area contributed by atoms with E-state index in [2.05, 4.69) is 9.71 Å². The first-order chi connectivity index (χ1) is 8.90. The zero-order valence-corrected chi connectivity index (χ0v) is 10.6. The Kier molecular flexibility index (Phi) is 3.26. The van der Waals surface area contributed by atoms with E-state index >= 15 is 0 Å². The number of carbonyl (C=O) groups is 1. The second kappa shape index (κ2) is 4.73. The zero-order chi connectivity index (χ0) is 14.0. The van der Waals surface area contributed by atoms with Crippen molar-refractivity contribution < 1.29 is 22.7 Å². The maximum absolute atomic E-state index is 12.1. The van der Waals surface area contributed by atoms with Gasteiger partial charge in [0.15, 0.2) is 0 Å². The first-order valence-corrected chi connectivity index (χ1v) is 6.65. The molecule has 0 aromatic carbocycles. The molecule has 2 aromatic heterocycles. The Bertz CT molecular complexity index is 706. The van der Waals surface area contributed by atoms with Gasteiger partial charge in [0.1, 0.15) is 10.7 Å². The van der Waals surface area contributed by atoms with E-state index in [4.69, 9.17) is 9.52 Å². The number of sulfonamides is 1. The number of nitrogens with zero attached hydrogens (tertiary/aromatic N) is 1. The minimum atomic E-state index is -3.90. The van der Waals surface area contributed by atoms with Gasteiger partial charge in [-0.15, -0.1) is 0 Å². The highest BCUT2D eigenvalue weighted by molar-refractivity contribution is 7.92. The van der Waals surface area contributed by atoms with Gasteiger partial charge in [-0.2, -0.15) is 0 Å². The highest BCUT2D eigenvalue weighted by Gasteiger charge is 2.23. The predicted molar refractivity (Wildman–Crippen MR) is 65.4 cm³/mol. The Morgan fingerprint density at radius 1 is 1.47 bits per heavy atom. The predicted octanol–water partition coefficient (Wildman–Crippen LogP) is 1.48. The number of furan rings is 1. The second-order valence-electron chi connectivity index (χ2n) is 3.68. The molecule has 0 fully saturated rings. The monoisotopic (exact) mass is 282 g/mol. The fraction of sp³-hybridized carbons (Fsp3) is 0.0909. The number of aryl methyl sites for hydroxylation is 1. The normalized spacial score (nSPS) is 11.2. The van der Waals surface area contributed by atoms with E-state index in [9.17, 15) is 13.2 Å². The Morgan fingerprint density at radius 2 is 2.21 bits per heavy atom. The molecule has 0 aliphatic heterocycles. The summed E-state index contributed by atoms with van der Waals surface area (Å²) in [6, 6.07) is 4.07. The lowest BCUT2D eigenvalue weighted by Crippen LogP contribution is -2.13. The fourth-order valence-corrected chi connectivity index (χ4v) is 2.69. The fourth-order valence-electron chi connectivity index (χ4n) is 1.47. The quantitative estimate of drug-likeness (QED) is 0.879. The molecule has 0 saturated carbocycles. The SMILES string of the molecule is Cc1oc(C(=O)O)cc1S(=O)(=O)Nc1cccnc1. The molecule has 0 bridgehead atoms. The lowest BCUT2D eigenvalue weighted by atomic mass is 10.4. The molecular formula is C11H10N2O5S. The van der Waals surface area contributed by atoms with Crippen LogP contribution in [-0.2, 0) is 10.0 Å². The Labute approximate surface area is 108 Å². The average Bonchev–Trinajstić information content (AvgIpc) is 2.73. The Morgan fingerprint density at radius 3 is 2.74 bits per heavy atom. The first kappa shape index (κ1) is 13.1. The van der Waals surface area contributed by atoms with Crippen molar-refractivity contribution >= 4 is 21.7 Å². The van der Waals surface area contributed by atoms with E-state index in [-0.39, 0.29) is 16.3 Å². The molecule has 7 nitrogen and oxygen atoms in total. The van der Waals surface area contributed by atoms with E-state index in [0.29, 0.717) is 0 Å². The summed E-state index contributed by atoms with van der Waals surface area (Å²) in [5, 5.41) is 8.76. The summed E-state index contributed by atoms with van der Waals surface area (Å²) in [6.45, 7) is 1.38. The van der Waals surface area contributed by atoms with E-state index in [0.717, 1.165) is 6.07 Å². The van der Waals surface area contributed by atoms with Crippen molar-refractivity contribution in [2.75, 3.05) is 4.72 Å². The summed E-state index contributed by atoms with van der Waals surface area (Å²) in [7, 11) is -3.90. The number of aromatic carboxylic acids is 1. The van der Waals surface area contributed by atoms with Crippen molar-refractivity contribution in [1.82, 2.24) is 4.98 Å². The number of rotatable bonds is 4. The standard InChI is InChI=1S/C11H10N2O5S/c1-7-10(5-9(18-7)11(14)15)19(16,17)13-8-3-2-4-12-6-8/h2-6,13H,1H3,(H,14,15). The van der Waals surface area contributed by atoms with Crippen LogP contribution in [0, 0.1) is 6.92 Å². The van der Waals surface area contributed by atoms with Gasteiger partial charge >= 0.3 is 5.97 Å². The van der Waals surface area contributed by atoms with Gasteiger partial charge in [0.25, 0.3) is 10.0 Å². The molecule has 0 atom stereocenters. The topological polar surface area (TPSA) is 109 Å². The smallest absolute Gasteiger partial charge is 0.371 e. The summed E-state index contributed by atoms with van der Waals surface area (Å²) in [4.78, 5) is 14.3. The first-order valence-electron chi connectivity index (χ1n) is 5.17. The molecule has 100 valence electrons. The summed E-state index contributed by atoms with van der Waals surface area (Å²) in [5.74, 6) is -1.75. The maximum atomic E-state index is 12.1. The van der Waals surface area contributed by atoms with E-state index in [1.54, 1.807) is 6.07 Å². The van der Waals surface area contributed by atoms with Crippen molar-refractivity contribution in [2.24, 2.45) is 0 Å². The minimum Gasteiger partial charge on any atom is -0.475 e. The highest BCUT2D eigenvalue weighted by atomic mass is 32.2. The number of carboxylic acids is 1. The van der Waals surface area contributed by atoms with Crippen molar-refractivity contribution in [3.8, 4) is 0 Å². The largest absolute Gasteiger partial charge is 0.475 e. The van der Waals surface area contributed by atoms with Crippen molar-refractivity contribution in [3.05, 3.63) is 42.1 Å². The average molecular weight is 282 g/mol. The molecule has 2 rings (SSSR count). The van der Waals surface area contributed by atoms with Crippen molar-refractivity contribution in [2.45, 2.75) is 11.8 Å². The number of anilines is 1. The van der Waals surface area contributed by atoms with E-state index in [1.807, 2.05) is 0 Å².